The molecular weight excluding hydrogens is 272 g/mol. The molecule has 0 saturated carbocycles. The van der Waals surface area contributed by atoms with Gasteiger partial charge in [0.2, 0.25) is 11.8 Å². The van der Waals surface area contributed by atoms with Gasteiger partial charge in [-0.25, -0.2) is 4.98 Å². The van der Waals surface area contributed by atoms with Gasteiger partial charge < -0.3 is 9.73 Å². The number of anilines is 1. The zero-order valence-electron chi connectivity index (χ0n) is 11.2. The van der Waals surface area contributed by atoms with Gasteiger partial charge in [-0.05, 0) is 19.1 Å². The largest absolute Gasteiger partial charge is 0.421 e. The molecule has 0 radical (unpaired) electrons. The maximum absolute atomic E-state index is 5.51. The van der Waals surface area contributed by atoms with E-state index in [4.69, 9.17) is 4.42 Å². The number of aryl methyl sites for hydroxylation is 1. The fraction of sp³-hybridized carbons (Fsp3) is 0.214. The van der Waals surface area contributed by atoms with Crippen molar-refractivity contribution in [3.8, 4) is 11.5 Å². The first-order chi connectivity index (χ1) is 9.74. The van der Waals surface area contributed by atoms with Crippen LogP contribution in [0.4, 0.5) is 5.69 Å². The van der Waals surface area contributed by atoms with Gasteiger partial charge in [0.15, 0.2) is 0 Å². The van der Waals surface area contributed by atoms with Crippen molar-refractivity contribution >= 4 is 17.0 Å². The highest BCUT2D eigenvalue weighted by atomic mass is 32.1. The predicted octanol–water partition coefficient (Wildman–Crippen LogP) is 3.67. The Kier molecular flexibility index (Phi) is 3.47. The summed E-state index contributed by atoms with van der Waals surface area (Å²) in [5, 5.41) is 14.4. The summed E-state index contributed by atoms with van der Waals surface area (Å²) in [6.45, 7) is 3.86. The van der Waals surface area contributed by atoms with Gasteiger partial charge in [0.1, 0.15) is 5.01 Å². The van der Waals surface area contributed by atoms with Crippen LogP contribution in [0.2, 0.25) is 0 Å². The van der Waals surface area contributed by atoms with Gasteiger partial charge in [0, 0.05) is 24.2 Å². The van der Waals surface area contributed by atoms with Crippen LogP contribution in [0.25, 0.3) is 11.5 Å². The molecule has 1 unspecified atom stereocenters. The molecule has 2 aromatic heterocycles. The van der Waals surface area contributed by atoms with E-state index in [1.165, 1.54) is 0 Å². The van der Waals surface area contributed by atoms with Crippen molar-refractivity contribution in [2.24, 2.45) is 0 Å². The summed E-state index contributed by atoms with van der Waals surface area (Å²) in [6, 6.07) is 8.01. The summed E-state index contributed by atoms with van der Waals surface area (Å²) >= 11 is 1.63. The first-order valence-corrected chi connectivity index (χ1v) is 7.17. The van der Waals surface area contributed by atoms with Crippen molar-refractivity contribution < 1.29 is 4.42 Å². The first-order valence-electron chi connectivity index (χ1n) is 6.29. The Morgan fingerprint density at radius 1 is 1.25 bits per heavy atom. The van der Waals surface area contributed by atoms with E-state index < -0.39 is 0 Å². The molecule has 0 saturated heterocycles. The number of hydrogen-bond donors (Lipinski definition) is 1. The van der Waals surface area contributed by atoms with E-state index in [0.29, 0.717) is 11.8 Å². The number of rotatable bonds is 4. The minimum Gasteiger partial charge on any atom is -0.421 e. The topological polar surface area (TPSA) is 63.8 Å². The zero-order chi connectivity index (χ0) is 13.9. The van der Waals surface area contributed by atoms with Crippen LogP contribution in [0.3, 0.4) is 0 Å². The minimum atomic E-state index is 0.125. The van der Waals surface area contributed by atoms with E-state index in [0.717, 1.165) is 16.3 Å². The maximum atomic E-state index is 5.51. The predicted molar refractivity (Wildman–Crippen MR) is 78.6 cm³/mol. The number of nitrogens with zero attached hydrogens (tertiary/aromatic N) is 3. The zero-order valence-corrected chi connectivity index (χ0v) is 12.0. The minimum absolute atomic E-state index is 0.125. The average molecular weight is 286 g/mol. The van der Waals surface area contributed by atoms with E-state index in [1.807, 2.05) is 35.8 Å². The molecule has 20 heavy (non-hydrogen) atoms. The number of benzene rings is 1. The van der Waals surface area contributed by atoms with Crippen LogP contribution in [-0.4, -0.2) is 15.2 Å². The lowest BCUT2D eigenvalue weighted by molar-refractivity contribution is 0.533. The first kappa shape index (κ1) is 12.8. The van der Waals surface area contributed by atoms with Crippen molar-refractivity contribution in [2.75, 3.05) is 5.32 Å². The lowest BCUT2D eigenvalue weighted by Crippen LogP contribution is -2.07. The quantitative estimate of drug-likeness (QED) is 0.792. The summed E-state index contributed by atoms with van der Waals surface area (Å²) in [7, 11) is 0. The molecule has 0 aliphatic carbocycles. The molecular formula is C14H14N4OS. The number of para-hydroxylation sites is 1. The molecule has 0 aliphatic heterocycles. The summed E-state index contributed by atoms with van der Waals surface area (Å²) in [5.74, 6) is 1.08. The van der Waals surface area contributed by atoms with Crippen molar-refractivity contribution in [3.05, 3.63) is 46.7 Å². The van der Waals surface area contributed by atoms with Gasteiger partial charge in [-0.1, -0.05) is 12.1 Å². The van der Waals surface area contributed by atoms with Gasteiger partial charge in [0.05, 0.1) is 11.6 Å². The Morgan fingerprint density at radius 3 is 2.80 bits per heavy atom. The Morgan fingerprint density at radius 2 is 2.10 bits per heavy atom. The third-order valence-electron chi connectivity index (χ3n) is 2.88. The van der Waals surface area contributed by atoms with E-state index >= 15 is 0 Å². The van der Waals surface area contributed by atoms with Gasteiger partial charge in [-0.2, -0.15) is 0 Å². The van der Waals surface area contributed by atoms with Gasteiger partial charge in [0.25, 0.3) is 0 Å². The SMILES string of the molecule is Cc1nnc(-c2ccccc2NC(C)c2nccs2)o1. The standard InChI is InChI=1S/C14H14N4OS/c1-9(14-15-7-8-20-14)16-12-6-4-3-5-11(12)13-18-17-10(2)19-13/h3-9,16H,1-2H3. The molecule has 0 spiro atoms. The van der Waals surface area contributed by atoms with Crippen molar-refractivity contribution in [1.29, 1.82) is 0 Å². The smallest absolute Gasteiger partial charge is 0.249 e. The van der Waals surface area contributed by atoms with Crippen molar-refractivity contribution in [1.82, 2.24) is 15.2 Å². The van der Waals surface area contributed by atoms with Gasteiger partial charge >= 0.3 is 0 Å². The summed E-state index contributed by atoms with van der Waals surface area (Å²) in [5.41, 5.74) is 1.86. The van der Waals surface area contributed by atoms with Crippen LogP contribution in [0, 0.1) is 6.92 Å². The molecule has 3 rings (SSSR count). The molecule has 0 fully saturated rings. The van der Waals surface area contributed by atoms with Crippen LogP contribution in [-0.2, 0) is 0 Å². The highest BCUT2D eigenvalue weighted by molar-refractivity contribution is 7.09. The third kappa shape index (κ3) is 2.55. The molecule has 1 atom stereocenters. The number of hydrogen-bond acceptors (Lipinski definition) is 6. The molecule has 0 amide bonds. The lowest BCUT2D eigenvalue weighted by atomic mass is 10.1. The summed E-state index contributed by atoms with van der Waals surface area (Å²) in [6.07, 6.45) is 1.81. The molecule has 0 bridgehead atoms. The Labute approximate surface area is 120 Å². The Balaban J connectivity index is 1.90. The molecule has 3 aromatic rings. The second-order valence-electron chi connectivity index (χ2n) is 4.41. The fourth-order valence-corrected chi connectivity index (χ4v) is 2.59. The molecule has 5 nitrogen and oxygen atoms in total. The molecule has 0 aliphatic rings. The van der Waals surface area contributed by atoms with Gasteiger partial charge in [-0.15, -0.1) is 21.5 Å². The van der Waals surface area contributed by atoms with E-state index in [1.54, 1.807) is 18.3 Å². The van der Waals surface area contributed by atoms with Crippen LogP contribution < -0.4 is 5.32 Å². The molecule has 1 N–H and O–H groups in total. The molecule has 1 aromatic carbocycles. The fourth-order valence-electron chi connectivity index (χ4n) is 1.94. The second kappa shape index (κ2) is 5.42. The Hall–Kier alpha value is -2.21. The van der Waals surface area contributed by atoms with E-state index in [-0.39, 0.29) is 6.04 Å². The lowest BCUT2D eigenvalue weighted by Gasteiger charge is -2.14. The third-order valence-corrected chi connectivity index (χ3v) is 3.84. The van der Waals surface area contributed by atoms with Gasteiger partial charge in [-0.3, -0.25) is 0 Å². The van der Waals surface area contributed by atoms with Crippen molar-refractivity contribution in [3.63, 3.8) is 0 Å². The van der Waals surface area contributed by atoms with Crippen LogP contribution in [0.5, 0.6) is 0 Å². The highest BCUT2D eigenvalue weighted by Gasteiger charge is 2.14. The summed E-state index contributed by atoms with van der Waals surface area (Å²) in [4.78, 5) is 4.32. The van der Waals surface area contributed by atoms with Crippen molar-refractivity contribution in [2.45, 2.75) is 19.9 Å². The number of thiazole rings is 1. The molecule has 6 heteroatoms. The molecule has 2 heterocycles. The summed E-state index contributed by atoms with van der Waals surface area (Å²) < 4.78 is 5.51. The van der Waals surface area contributed by atoms with Crippen LogP contribution in [0.1, 0.15) is 23.9 Å². The normalized spacial score (nSPS) is 12.3. The van der Waals surface area contributed by atoms with E-state index in [9.17, 15) is 0 Å². The highest BCUT2D eigenvalue weighted by Crippen LogP contribution is 2.30. The Bertz CT molecular complexity index is 693. The maximum Gasteiger partial charge on any atom is 0.249 e. The monoisotopic (exact) mass is 286 g/mol. The molecule has 102 valence electrons. The number of aromatic nitrogens is 3. The number of nitrogens with one attached hydrogen (secondary N) is 1. The second-order valence-corrected chi connectivity index (χ2v) is 5.33. The van der Waals surface area contributed by atoms with Crippen LogP contribution >= 0.6 is 11.3 Å². The van der Waals surface area contributed by atoms with E-state index in [2.05, 4.69) is 27.4 Å². The average Bonchev–Trinajstić information content (AvgIpc) is 3.10. The van der Waals surface area contributed by atoms with Crippen LogP contribution in [0.15, 0.2) is 40.3 Å².